The fourth-order valence-electron chi connectivity index (χ4n) is 8.90. The molecule has 4 heterocycles. The van der Waals surface area contributed by atoms with Crippen LogP contribution in [0.15, 0.2) is 42.0 Å². The van der Waals surface area contributed by atoms with Crippen molar-refractivity contribution in [1.29, 1.82) is 0 Å². The van der Waals surface area contributed by atoms with E-state index < -0.39 is 216 Å². The second-order valence-corrected chi connectivity index (χ2v) is 16.5. The predicted molar refractivity (Wildman–Crippen MR) is 217 cm³/mol. The van der Waals surface area contributed by atoms with Crippen molar-refractivity contribution in [3.8, 4) is 80.1 Å². The van der Waals surface area contributed by atoms with Crippen LogP contribution in [0.1, 0.15) is 66.3 Å². The summed E-state index contributed by atoms with van der Waals surface area (Å²) in [4.78, 5) is 98.4. The van der Waals surface area contributed by atoms with Crippen LogP contribution in [0.25, 0.3) is 11.1 Å². The molecular weight excluding hydrogens is 960 g/mol. The van der Waals surface area contributed by atoms with E-state index in [1.807, 2.05) is 0 Å². The molecule has 0 saturated carbocycles. The van der Waals surface area contributed by atoms with Crippen molar-refractivity contribution in [3.63, 3.8) is 0 Å². The minimum Gasteiger partial charge on any atom is -0.504 e. The number of carbonyl (C=O) groups is 7. The first-order valence-electron chi connectivity index (χ1n) is 20.2. The zero-order chi connectivity index (χ0) is 51.7. The van der Waals surface area contributed by atoms with Gasteiger partial charge in [0.2, 0.25) is 29.6 Å². The molecule has 0 unspecified atom stereocenters. The Morgan fingerprint density at radius 3 is 1.72 bits per heavy atom. The third-order valence-corrected chi connectivity index (χ3v) is 12.2. The summed E-state index contributed by atoms with van der Waals surface area (Å²) >= 11 is 0. The lowest BCUT2D eigenvalue weighted by Crippen LogP contribution is -2.67. The van der Waals surface area contributed by atoms with Crippen molar-refractivity contribution >= 4 is 41.4 Å². The normalized spacial score (nSPS) is 26.4. The highest BCUT2D eigenvalue weighted by molar-refractivity contribution is 6.11. The quantitative estimate of drug-likeness (QED) is 0.0723. The van der Waals surface area contributed by atoms with E-state index in [1.165, 1.54) is 0 Å². The highest BCUT2D eigenvalue weighted by Gasteiger charge is 2.71. The fourth-order valence-corrected chi connectivity index (χ4v) is 8.90. The Morgan fingerprint density at radius 1 is 0.620 bits per heavy atom. The van der Waals surface area contributed by atoms with Gasteiger partial charge in [0.15, 0.2) is 75.3 Å². The maximum absolute atomic E-state index is 14.8. The van der Waals surface area contributed by atoms with Gasteiger partial charge < -0.3 is 99.5 Å². The minimum absolute atomic E-state index is 0.338. The number of esters is 5. The number of benzene rings is 4. The number of rotatable bonds is 4. The van der Waals surface area contributed by atoms with Gasteiger partial charge in [0, 0.05) is 23.1 Å². The summed E-state index contributed by atoms with van der Waals surface area (Å²) in [5.41, 5.74) is -11.4. The first kappa shape index (κ1) is 46.9. The molecule has 71 heavy (non-hydrogen) atoms. The van der Waals surface area contributed by atoms with Gasteiger partial charge in [-0.25, -0.2) is 24.0 Å². The van der Waals surface area contributed by atoms with Crippen molar-refractivity contribution in [1.82, 2.24) is 0 Å². The lowest BCUT2D eigenvalue weighted by Gasteiger charge is -2.45. The Bertz CT molecular complexity index is 3150. The molecule has 0 aromatic heterocycles. The number of phenolic OH excluding ortho intramolecular Hbond substituents is 11. The van der Waals surface area contributed by atoms with E-state index in [0.717, 1.165) is 6.92 Å². The first-order chi connectivity index (χ1) is 33.3. The van der Waals surface area contributed by atoms with Crippen molar-refractivity contribution in [3.05, 3.63) is 69.8 Å². The van der Waals surface area contributed by atoms with Gasteiger partial charge in [-0.05, 0) is 43.3 Å². The molecule has 4 aromatic rings. The van der Waals surface area contributed by atoms with Gasteiger partial charge in [-0.15, -0.1) is 0 Å². The highest BCUT2D eigenvalue weighted by atomic mass is 16.7. The summed E-state index contributed by atoms with van der Waals surface area (Å²) in [5.74, 6) is -32.4. The lowest BCUT2D eigenvalue weighted by molar-refractivity contribution is -0.287. The van der Waals surface area contributed by atoms with Crippen molar-refractivity contribution in [2.45, 2.75) is 61.4 Å². The second kappa shape index (κ2) is 15.9. The molecule has 5 aliphatic rings. The first-order valence-corrected chi connectivity index (χ1v) is 20.2. The number of fused-ring (bicyclic) bond motifs is 3. The maximum Gasteiger partial charge on any atom is 0.340 e. The minimum atomic E-state index is -3.56. The summed E-state index contributed by atoms with van der Waals surface area (Å²) in [6.07, 6.45) is -13.2. The largest absolute Gasteiger partial charge is 0.504 e. The molecule has 1 saturated heterocycles. The van der Waals surface area contributed by atoms with Crippen LogP contribution in [0, 0.1) is 0 Å². The van der Waals surface area contributed by atoms with E-state index >= 15 is 0 Å². The molecule has 9 rings (SSSR count). The lowest BCUT2D eigenvalue weighted by atomic mass is 9.67. The number of cyclic esters (lactones) is 1. The van der Waals surface area contributed by atoms with Gasteiger partial charge in [0.25, 0.3) is 5.79 Å². The molecule has 1 aliphatic carbocycles. The number of ether oxygens (including phenoxy) is 7. The molecule has 13 N–H and O–H groups in total. The van der Waals surface area contributed by atoms with E-state index in [0.29, 0.717) is 36.4 Å². The molecule has 1 fully saturated rings. The monoisotopic (exact) mass is 992 g/mol. The fraction of sp³-hybridized carbons (Fsp3) is 0.250. The number of carbonyl (C=O) groups excluding carboxylic acids is 7. The highest BCUT2D eigenvalue weighted by Crippen LogP contribution is 2.61. The molecule has 4 aliphatic heterocycles. The van der Waals surface area contributed by atoms with Crippen LogP contribution in [0.4, 0.5) is 0 Å². The number of hydrogen-bond donors (Lipinski definition) is 13. The maximum atomic E-state index is 14.8. The van der Waals surface area contributed by atoms with E-state index in [-0.39, 0.29) is 0 Å². The van der Waals surface area contributed by atoms with Gasteiger partial charge in [0.1, 0.15) is 18.5 Å². The standard InChI is InChI=1S/C44H32O27/c1-10(45)8-43(63)22(51)7-15-26-25-14(6-20(50)30(55)34(25)71-44(26,43)64)40(61)67-33-21-9-65-38(59)12-4-18(48)28(53)31(56)23(12)24-13(5-19(49)29(54)32(24)57)39(60)68-35(33)36(69-41(15)62)42(66-21)70-37(58)11-2-16(46)27(52)17(47)3-11/h2-7,21,26,33,35-36,42,46-50,52-57,63-64H,8-9H2,1H3/t21-,26-,33-,35+,36-,42+,43+,44+/m1/s1. The van der Waals surface area contributed by atoms with Crippen LogP contribution in [0.2, 0.25) is 0 Å². The van der Waals surface area contributed by atoms with E-state index in [4.69, 9.17) is 33.2 Å². The third-order valence-electron chi connectivity index (χ3n) is 12.2. The topological polar surface area (TPSA) is 447 Å². The molecule has 27 nitrogen and oxygen atoms in total. The number of aliphatic hydroxyl groups is 2. The van der Waals surface area contributed by atoms with E-state index in [2.05, 4.69) is 0 Å². The SMILES string of the molecule is CC(=O)C[C@]1(O)C(=O)C=C2C(=O)O[C@H]3[C@H](OC(=O)c4cc(O)c(O)c(O)c4)O[C@@H]4COC(=O)c5cc(O)c(O)c(O)c5-c5c(cc(O)c(O)c5O)C(=O)O[C@H]3[C@@H]4OC(=O)c3cc(O)c(O)c4c3[C@@H]2[C@]1(O)O4. The van der Waals surface area contributed by atoms with E-state index in [9.17, 15) is 99.9 Å². The summed E-state index contributed by atoms with van der Waals surface area (Å²) < 4.78 is 39.7. The molecule has 4 bridgehead atoms. The molecule has 8 atom stereocenters. The molecular formula is C44H32O27. The summed E-state index contributed by atoms with van der Waals surface area (Å²) in [6.45, 7) is -0.407. The van der Waals surface area contributed by atoms with Gasteiger partial charge in [-0.3, -0.25) is 9.59 Å². The zero-order valence-corrected chi connectivity index (χ0v) is 35.4. The van der Waals surface area contributed by atoms with Crippen LogP contribution < -0.4 is 4.74 Å². The number of phenols is 11. The third kappa shape index (κ3) is 6.88. The van der Waals surface area contributed by atoms with Crippen LogP contribution in [0.5, 0.6) is 69.0 Å². The van der Waals surface area contributed by atoms with Gasteiger partial charge in [0.05, 0.1) is 33.7 Å². The van der Waals surface area contributed by atoms with Crippen LogP contribution in [-0.4, -0.2) is 156 Å². The zero-order valence-electron chi connectivity index (χ0n) is 35.4. The van der Waals surface area contributed by atoms with E-state index in [1.54, 1.807) is 0 Å². The summed E-state index contributed by atoms with van der Waals surface area (Å²) in [5, 5.41) is 141. The number of ketones is 2. The van der Waals surface area contributed by atoms with Gasteiger partial charge in [-0.1, -0.05) is 0 Å². The second-order valence-electron chi connectivity index (χ2n) is 16.5. The molecule has 4 aromatic carbocycles. The Hall–Kier alpha value is -9.21. The van der Waals surface area contributed by atoms with Gasteiger partial charge >= 0.3 is 29.8 Å². The van der Waals surface area contributed by atoms with Crippen molar-refractivity contribution in [2.24, 2.45) is 0 Å². The van der Waals surface area contributed by atoms with Gasteiger partial charge in [-0.2, -0.15) is 0 Å². The summed E-state index contributed by atoms with van der Waals surface area (Å²) in [6, 6.07) is 2.44. The smallest absolute Gasteiger partial charge is 0.340 e. The molecule has 27 heteroatoms. The average Bonchev–Trinajstić information content (AvgIpc) is 3.63. The number of Topliss-reactive ketones (excluding diaryl/α,β-unsaturated/α-hetero) is 1. The molecule has 0 spiro atoms. The Balaban J connectivity index is 1.30. The predicted octanol–water partition coefficient (Wildman–Crippen LogP) is -0.0722. The summed E-state index contributed by atoms with van der Waals surface area (Å²) in [7, 11) is 0. The van der Waals surface area contributed by atoms with Crippen molar-refractivity contribution in [2.75, 3.05) is 6.61 Å². The number of hydrogen-bond acceptors (Lipinski definition) is 27. The molecule has 370 valence electrons. The Labute approximate surface area is 391 Å². The van der Waals surface area contributed by atoms with Crippen LogP contribution in [0.3, 0.4) is 0 Å². The molecule has 0 amide bonds. The molecule has 0 radical (unpaired) electrons. The number of aromatic hydroxyl groups is 11. The Kier molecular flexibility index (Phi) is 10.5. The van der Waals surface area contributed by atoms with Crippen molar-refractivity contribution < 1.29 is 133 Å². The van der Waals surface area contributed by atoms with Crippen LogP contribution >= 0.6 is 0 Å². The Morgan fingerprint density at radius 2 is 1.13 bits per heavy atom. The van der Waals surface area contributed by atoms with Crippen LogP contribution in [-0.2, 0) is 42.8 Å². The average molecular weight is 993 g/mol.